The standard InChI is InChI=1S/C10H17N3S/c1-4-6-8-12-9(11-5-2)7-10(13-8)14-3/h7H,4-6H2,1-3H3,(H,11,12,13). The molecule has 0 spiro atoms. The first-order valence-electron chi connectivity index (χ1n) is 4.96. The maximum Gasteiger partial charge on any atom is 0.132 e. The zero-order valence-electron chi connectivity index (χ0n) is 9.00. The summed E-state index contributed by atoms with van der Waals surface area (Å²) in [6.45, 7) is 5.11. The van der Waals surface area contributed by atoms with Crippen LogP contribution in [0.5, 0.6) is 0 Å². The summed E-state index contributed by atoms with van der Waals surface area (Å²) >= 11 is 1.66. The summed E-state index contributed by atoms with van der Waals surface area (Å²) < 4.78 is 0. The van der Waals surface area contributed by atoms with Gasteiger partial charge in [-0.05, 0) is 19.6 Å². The summed E-state index contributed by atoms with van der Waals surface area (Å²) in [5.74, 6) is 1.88. The highest BCUT2D eigenvalue weighted by Crippen LogP contribution is 2.16. The minimum absolute atomic E-state index is 0.899. The molecule has 1 heterocycles. The average molecular weight is 211 g/mol. The number of aromatic nitrogens is 2. The lowest BCUT2D eigenvalue weighted by Gasteiger charge is -2.06. The van der Waals surface area contributed by atoms with E-state index in [1.54, 1.807) is 11.8 Å². The Labute approximate surface area is 89.7 Å². The number of anilines is 1. The van der Waals surface area contributed by atoms with Crippen molar-refractivity contribution in [1.82, 2.24) is 9.97 Å². The number of aryl methyl sites for hydroxylation is 1. The van der Waals surface area contributed by atoms with Crippen molar-refractivity contribution in [3.8, 4) is 0 Å². The highest BCUT2D eigenvalue weighted by molar-refractivity contribution is 7.98. The number of hydrogen-bond donors (Lipinski definition) is 1. The van der Waals surface area contributed by atoms with Crippen LogP contribution in [0.25, 0.3) is 0 Å². The van der Waals surface area contributed by atoms with Gasteiger partial charge in [-0.2, -0.15) is 0 Å². The van der Waals surface area contributed by atoms with Crippen LogP contribution in [0.4, 0.5) is 5.82 Å². The molecular weight excluding hydrogens is 194 g/mol. The van der Waals surface area contributed by atoms with Crippen molar-refractivity contribution in [2.75, 3.05) is 18.1 Å². The van der Waals surface area contributed by atoms with Gasteiger partial charge in [0.25, 0.3) is 0 Å². The molecule has 3 nitrogen and oxygen atoms in total. The Bertz CT molecular complexity index is 264. The van der Waals surface area contributed by atoms with Gasteiger partial charge in [0.1, 0.15) is 16.7 Å². The molecule has 0 aliphatic rings. The van der Waals surface area contributed by atoms with Gasteiger partial charge in [-0.25, -0.2) is 9.97 Å². The Morgan fingerprint density at radius 2 is 2.14 bits per heavy atom. The molecule has 0 atom stereocenters. The van der Waals surface area contributed by atoms with Gasteiger partial charge < -0.3 is 5.32 Å². The fourth-order valence-electron chi connectivity index (χ4n) is 1.18. The van der Waals surface area contributed by atoms with Crippen molar-refractivity contribution in [2.24, 2.45) is 0 Å². The Balaban J connectivity index is 2.88. The Hall–Kier alpha value is -0.770. The fourth-order valence-corrected chi connectivity index (χ4v) is 1.61. The molecule has 0 saturated heterocycles. The molecule has 0 saturated carbocycles. The third-order valence-electron chi connectivity index (χ3n) is 1.79. The average Bonchev–Trinajstić information content (AvgIpc) is 2.18. The third kappa shape index (κ3) is 3.18. The van der Waals surface area contributed by atoms with E-state index in [2.05, 4.69) is 29.1 Å². The molecule has 0 unspecified atom stereocenters. The number of rotatable bonds is 5. The van der Waals surface area contributed by atoms with E-state index in [-0.39, 0.29) is 0 Å². The molecule has 0 radical (unpaired) electrons. The van der Waals surface area contributed by atoms with E-state index in [1.165, 1.54) is 0 Å². The van der Waals surface area contributed by atoms with Gasteiger partial charge in [-0.15, -0.1) is 11.8 Å². The molecule has 1 rings (SSSR count). The second-order valence-electron chi connectivity index (χ2n) is 2.99. The highest BCUT2D eigenvalue weighted by Gasteiger charge is 2.02. The maximum absolute atomic E-state index is 4.44. The summed E-state index contributed by atoms with van der Waals surface area (Å²) in [4.78, 5) is 8.86. The minimum atomic E-state index is 0.899. The van der Waals surface area contributed by atoms with Crippen molar-refractivity contribution >= 4 is 17.6 Å². The first-order chi connectivity index (χ1) is 6.80. The molecule has 1 aromatic rings. The molecular formula is C10H17N3S. The van der Waals surface area contributed by atoms with Gasteiger partial charge in [-0.3, -0.25) is 0 Å². The van der Waals surface area contributed by atoms with E-state index in [1.807, 2.05) is 12.3 Å². The first-order valence-corrected chi connectivity index (χ1v) is 6.18. The van der Waals surface area contributed by atoms with Crippen LogP contribution in [0.3, 0.4) is 0 Å². The molecule has 14 heavy (non-hydrogen) atoms. The van der Waals surface area contributed by atoms with E-state index >= 15 is 0 Å². The van der Waals surface area contributed by atoms with Crippen LogP contribution < -0.4 is 5.32 Å². The third-order valence-corrected chi connectivity index (χ3v) is 2.42. The minimum Gasteiger partial charge on any atom is -0.370 e. The molecule has 4 heteroatoms. The largest absolute Gasteiger partial charge is 0.370 e. The summed E-state index contributed by atoms with van der Waals surface area (Å²) in [6.07, 6.45) is 4.07. The molecule has 0 fully saturated rings. The number of nitrogens with one attached hydrogen (secondary N) is 1. The molecule has 78 valence electrons. The Morgan fingerprint density at radius 1 is 1.36 bits per heavy atom. The van der Waals surface area contributed by atoms with Crippen LogP contribution in [-0.4, -0.2) is 22.8 Å². The van der Waals surface area contributed by atoms with E-state index < -0.39 is 0 Å². The number of hydrogen-bond acceptors (Lipinski definition) is 4. The Kier molecular flexibility index (Phi) is 4.73. The second kappa shape index (κ2) is 5.86. The lowest BCUT2D eigenvalue weighted by molar-refractivity contribution is 0.810. The zero-order valence-corrected chi connectivity index (χ0v) is 9.82. The smallest absolute Gasteiger partial charge is 0.132 e. The van der Waals surface area contributed by atoms with Crippen molar-refractivity contribution in [3.05, 3.63) is 11.9 Å². The lowest BCUT2D eigenvalue weighted by atomic mass is 10.3. The normalized spacial score (nSPS) is 10.2. The van der Waals surface area contributed by atoms with E-state index in [0.29, 0.717) is 0 Å². The van der Waals surface area contributed by atoms with E-state index in [9.17, 15) is 0 Å². The van der Waals surface area contributed by atoms with Gasteiger partial charge in [0.05, 0.1) is 0 Å². The van der Waals surface area contributed by atoms with Gasteiger partial charge in [-0.1, -0.05) is 6.92 Å². The molecule has 0 bridgehead atoms. The second-order valence-corrected chi connectivity index (χ2v) is 3.82. The summed E-state index contributed by atoms with van der Waals surface area (Å²) in [5.41, 5.74) is 0. The predicted molar refractivity (Wildman–Crippen MR) is 62.0 cm³/mol. The van der Waals surface area contributed by atoms with Crippen molar-refractivity contribution in [1.29, 1.82) is 0 Å². The molecule has 0 aliphatic carbocycles. The zero-order chi connectivity index (χ0) is 10.4. The van der Waals surface area contributed by atoms with E-state index in [0.717, 1.165) is 36.1 Å². The van der Waals surface area contributed by atoms with Crippen molar-refractivity contribution < 1.29 is 0 Å². The van der Waals surface area contributed by atoms with Crippen molar-refractivity contribution in [3.63, 3.8) is 0 Å². The molecule has 0 aliphatic heterocycles. The molecule has 1 N–H and O–H groups in total. The SMILES string of the molecule is CCCc1nc(NCC)cc(SC)n1. The fraction of sp³-hybridized carbons (Fsp3) is 0.600. The van der Waals surface area contributed by atoms with Crippen LogP contribution in [0.2, 0.25) is 0 Å². The van der Waals surface area contributed by atoms with Gasteiger partial charge in [0.15, 0.2) is 0 Å². The lowest BCUT2D eigenvalue weighted by Crippen LogP contribution is -2.04. The highest BCUT2D eigenvalue weighted by atomic mass is 32.2. The number of nitrogens with zero attached hydrogens (tertiary/aromatic N) is 2. The van der Waals surface area contributed by atoms with Crippen LogP contribution in [-0.2, 0) is 6.42 Å². The summed E-state index contributed by atoms with van der Waals surface area (Å²) in [6, 6.07) is 1.99. The summed E-state index contributed by atoms with van der Waals surface area (Å²) in [5, 5.41) is 4.26. The summed E-state index contributed by atoms with van der Waals surface area (Å²) in [7, 11) is 0. The van der Waals surface area contributed by atoms with Gasteiger partial charge in [0, 0.05) is 19.0 Å². The Morgan fingerprint density at radius 3 is 2.71 bits per heavy atom. The quantitative estimate of drug-likeness (QED) is 0.600. The van der Waals surface area contributed by atoms with Crippen LogP contribution in [0.15, 0.2) is 11.1 Å². The number of thioether (sulfide) groups is 1. The maximum atomic E-state index is 4.44. The molecule has 1 aromatic heterocycles. The van der Waals surface area contributed by atoms with Crippen LogP contribution >= 0.6 is 11.8 Å². The van der Waals surface area contributed by atoms with Crippen LogP contribution in [0, 0.1) is 0 Å². The van der Waals surface area contributed by atoms with Crippen molar-refractivity contribution in [2.45, 2.75) is 31.7 Å². The monoisotopic (exact) mass is 211 g/mol. The van der Waals surface area contributed by atoms with Crippen LogP contribution in [0.1, 0.15) is 26.1 Å². The van der Waals surface area contributed by atoms with Gasteiger partial charge in [0.2, 0.25) is 0 Å². The van der Waals surface area contributed by atoms with Gasteiger partial charge >= 0.3 is 0 Å². The topological polar surface area (TPSA) is 37.8 Å². The van der Waals surface area contributed by atoms with E-state index in [4.69, 9.17) is 0 Å². The molecule has 0 aromatic carbocycles. The predicted octanol–water partition coefficient (Wildman–Crippen LogP) is 2.58. The molecule has 0 amide bonds. The first kappa shape index (κ1) is 11.3.